The van der Waals surface area contributed by atoms with E-state index < -0.39 is 17.6 Å². The maximum absolute atomic E-state index is 12.9. The molecule has 2 aromatic heterocycles. The lowest BCUT2D eigenvalue weighted by atomic mass is 10.1. The molecule has 0 saturated heterocycles. The lowest BCUT2D eigenvalue weighted by Crippen LogP contribution is -2.12. The fraction of sp³-hybridized carbons (Fsp3) is 0.100. The SMILES string of the molecule is Cc1cn(-c2ccccc2)nc1NC(=O)c1sc2cc(C(F)(F)F)ccc2c1Cl. The topological polar surface area (TPSA) is 46.9 Å². The standard InChI is InChI=1S/C20H13ClF3N3OS/c1-11-10-27(13-5-3-2-4-6-13)26-18(11)25-19(28)17-16(21)14-8-7-12(20(22,23)24)9-15(14)29-17/h2-10H,1H3,(H,25,26,28). The highest BCUT2D eigenvalue weighted by Gasteiger charge is 2.31. The van der Waals surface area contributed by atoms with Crippen molar-refractivity contribution in [1.82, 2.24) is 9.78 Å². The zero-order chi connectivity index (χ0) is 20.8. The van der Waals surface area contributed by atoms with Crippen LogP contribution in [-0.2, 0) is 6.18 Å². The number of fused-ring (bicyclic) bond motifs is 1. The summed E-state index contributed by atoms with van der Waals surface area (Å²) in [6.07, 6.45) is -2.69. The highest BCUT2D eigenvalue weighted by atomic mass is 35.5. The summed E-state index contributed by atoms with van der Waals surface area (Å²) >= 11 is 7.18. The number of hydrogen-bond acceptors (Lipinski definition) is 3. The Morgan fingerprint density at radius 1 is 1.17 bits per heavy atom. The molecule has 0 atom stereocenters. The van der Waals surface area contributed by atoms with E-state index >= 15 is 0 Å². The second-order valence-corrected chi connectivity index (χ2v) is 7.78. The van der Waals surface area contributed by atoms with Crippen LogP contribution in [0.25, 0.3) is 15.8 Å². The van der Waals surface area contributed by atoms with Crippen LogP contribution in [0.15, 0.2) is 54.7 Å². The number of benzene rings is 2. The summed E-state index contributed by atoms with van der Waals surface area (Å²) in [7, 11) is 0. The first-order valence-corrected chi connectivity index (χ1v) is 9.66. The van der Waals surface area contributed by atoms with E-state index in [9.17, 15) is 18.0 Å². The zero-order valence-electron chi connectivity index (χ0n) is 14.9. The van der Waals surface area contributed by atoms with Gasteiger partial charge < -0.3 is 5.32 Å². The zero-order valence-corrected chi connectivity index (χ0v) is 16.5. The minimum absolute atomic E-state index is 0.122. The lowest BCUT2D eigenvalue weighted by molar-refractivity contribution is -0.137. The maximum Gasteiger partial charge on any atom is 0.416 e. The molecule has 0 aliphatic heterocycles. The van der Waals surface area contributed by atoms with E-state index in [1.54, 1.807) is 17.8 Å². The number of aromatic nitrogens is 2. The molecule has 4 nitrogen and oxygen atoms in total. The number of carbonyl (C=O) groups excluding carboxylic acids is 1. The Hall–Kier alpha value is -2.84. The predicted octanol–water partition coefficient (Wildman–Crippen LogP) is 6.32. The predicted molar refractivity (Wildman–Crippen MR) is 108 cm³/mol. The smallest absolute Gasteiger partial charge is 0.304 e. The van der Waals surface area contributed by atoms with Crippen LogP contribution in [0.2, 0.25) is 5.02 Å². The van der Waals surface area contributed by atoms with E-state index in [2.05, 4.69) is 10.4 Å². The summed E-state index contributed by atoms with van der Waals surface area (Å²) in [4.78, 5) is 12.9. The van der Waals surface area contributed by atoms with Crippen LogP contribution in [0.4, 0.5) is 19.0 Å². The first kappa shape index (κ1) is 19.5. The molecule has 1 amide bonds. The number of nitrogens with zero attached hydrogens (tertiary/aromatic N) is 2. The number of para-hydroxylation sites is 1. The van der Waals surface area contributed by atoms with Gasteiger partial charge in [-0.05, 0) is 31.2 Å². The van der Waals surface area contributed by atoms with Gasteiger partial charge in [-0.1, -0.05) is 35.9 Å². The van der Waals surface area contributed by atoms with Crippen LogP contribution in [-0.4, -0.2) is 15.7 Å². The van der Waals surface area contributed by atoms with Crippen LogP contribution in [0.1, 0.15) is 20.8 Å². The summed E-state index contributed by atoms with van der Waals surface area (Å²) < 4.78 is 40.7. The molecule has 0 bridgehead atoms. The van der Waals surface area contributed by atoms with Gasteiger partial charge in [0.1, 0.15) is 4.88 Å². The molecule has 0 unspecified atom stereocenters. The average molecular weight is 436 g/mol. The number of anilines is 1. The molecular weight excluding hydrogens is 423 g/mol. The van der Waals surface area contributed by atoms with E-state index in [4.69, 9.17) is 11.6 Å². The average Bonchev–Trinajstić information content (AvgIpc) is 3.22. The number of amides is 1. The first-order valence-electron chi connectivity index (χ1n) is 8.46. The summed E-state index contributed by atoms with van der Waals surface area (Å²) in [6.45, 7) is 1.80. The molecule has 4 rings (SSSR count). The number of alkyl halides is 3. The Morgan fingerprint density at radius 3 is 2.59 bits per heavy atom. The molecular formula is C20H13ClF3N3OS. The first-order chi connectivity index (χ1) is 13.7. The van der Waals surface area contributed by atoms with E-state index in [-0.39, 0.29) is 9.90 Å². The quantitative estimate of drug-likeness (QED) is 0.409. The molecule has 0 saturated carbocycles. The van der Waals surface area contributed by atoms with Crippen molar-refractivity contribution in [2.24, 2.45) is 0 Å². The minimum atomic E-state index is -4.46. The van der Waals surface area contributed by atoms with Gasteiger partial charge >= 0.3 is 6.18 Å². The summed E-state index contributed by atoms with van der Waals surface area (Å²) in [5.74, 6) is -0.172. The Balaban J connectivity index is 1.64. The number of thiophene rings is 1. The Labute approximate surface area is 172 Å². The van der Waals surface area contributed by atoms with Gasteiger partial charge in [0.05, 0.1) is 16.3 Å². The molecule has 0 aliphatic rings. The molecule has 0 radical (unpaired) electrons. The van der Waals surface area contributed by atoms with Crippen molar-refractivity contribution in [2.75, 3.05) is 5.32 Å². The number of nitrogens with one attached hydrogen (secondary N) is 1. The Bertz CT molecular complexity index is 1220. The molecule has 0 fully saturated rings. The Kier molecular flexibility index (Phi) is 4.84. The van der Waals surface area contributed by atoms with Gasteiger partial charge in [-0.25, -0.2) is 4.68 Å². The third kappa shape index (κ3) is 3.73. The van der Waals surface area contributed by atoms with Gasteiger partial charge in [0, 0.05) is 21.8 Å². The van der Waals surface area contributed by atoms with Gasteiger partial charge in [-0.2, -0.15) is 13.2 Å². The van der Waals surface area contributed by atoms with Crippen LogP contribution in [0.3, 0.4) is 0 Å². The van der Waals surface area contributed by atoms with Crippen LogP contribution in [0.5, 0.6) is 0 Å². The number of aryl methyl sites for hydroxylation is 1. The van der Waals surface area contributed by atoms with E-state index in [1.807, 2.05) is 30.3 Å². The molecule has 148 valence electrons. The van der Waals surface area contributed by atoms with Crippen molar-refractivity contribution >= 4 is 44.7 Å². The van der Waals surface area contributed by atoms with E-state index in [0.717, 1.165) is 34.7 Å². The van der Waals surface area contributed by atoms with Crippen molar-refractivity contribution in [3.63, 3.8) is 0 Å². The van der Waals surface area contributed by atoms with Crippen LogP contribution >= 0.6 is 22.9 Å². The van der Waals surface area contributed by atoms with Gasteiger partial charge in [0.2, 0.25) is 0 Å². The molecule has 2 heterocycles. The minimum Gasteiger partial charge on any atom is -0.304 e. The summed E-state index contributed by atoms with van der Waals surface area (Å²) in [6, 6.07) is 12.6. The maximum atomic E-state index is 12.9. The highest BCUT2D eigenvalue weighted by molar-refractivity contribution is 7.21. The van der Waals surface area contributed by atoms with Crippen molar-refractivity contribution in [3.8, 4) is 5.69 Å². The fourth-order valence-corrected chi connectivity index (χ4v) is 4.30. The molecule has 4 aromatic rings. The summed E-state index contributed by atoms with van der Waals surface area (Å²) in [5.41, 5.74) is 0.779. The van der Waals surface area contributed by atoms with E-state index in [0.29, 0.717) is 15.9 Å². The fourth-order valence-electron chi connectivity index (χ4n) is 2.85. The van der Waals surface area contributed by atoms with Gasteiger partial charge in [0.15, 0.2) is 5.82 Å². The van der Waals surface area contributed by atoms with Gasteiger partial charge in [-0.15, -0.1) is 16.4 Å². The van der Waals surface area contributed by atoms with Crippen molar-refractivity contribution in [1.29, 1.82) is 0 Å². The van der Waals surface area contributed by atoms with Crippen LogP contribution < -0.4 is 5.32 Å². The van der Waals surface area contributed by atoms with Crippen LogP contribution in [0, 0.1) is 6.92 Å². The highest BCUT2D eigenvalue weighted by Crippen LogP contribution is 2.39. The van der Waals surface area contributed by atoms with Gasteiger partial charge in [0.25, 0.3) is 5.91 Å². The number of halogens is 4. The van der Waals surface area contributed by atoms with Crippen molar-refractivity contribution in [2.45, 2.75) is 13.1 Å². The molecule has 29 heavy (non-hydrogen) atoms. The molecule has 2 aromatic carbocycles. The van der Waals surface area contributed by atoms with Crippen molar-refractivity contribution in [3.05, 3.63) is 75.8 Å². The third-order valence-corrected chi connectivity index (χ3v) is 5.97. The second-order valence-electron chi connectivity index (χ2n) is 6.35. The lowest BCUT2D eigenvalue weighted by Gasteiger charge is -2.05. The molecule has 0 aliphatic carbocycles. The summed E-state index contributed by atoms with van der Waals surface area (Å²) in [5, 5.41) is 7.59. The number of hydrogen-bond donors (Lipinski definition) is 1. The molecule has 1 N–H and O–H groups in total. The monoisotopic (exact) mass is 435 g/mol. The Morgan fingerprint density at radius 2 is 1.90 bits per heavy atom. The largest absolute Gasteiger partial charge is 0.416 e. The van der Waals surface area contributed by atoms with E-state index in [1.165, 1.54) is 6.07 Å². The third-order valence-electron chi connectivity index (χ3n) is 4.31. The number of rotatable bonds is 3. The number of carbonyl (C=O) groups is 1. The second kappa shape index (κ2) is 7.20. The molecule has 9 heteroatoms. The molecule has 0 spiro atoms. The normalized spacial score (nSPS) is 11.8. The van der Waals surface area contributed by atoms with Crippen molar-refractivity contribution < 1.29 is 18.0 Å². The van der Waals surface area contributed by atoms with Gasteiger partial charge in [-0.3, -0.25) is 4.79 Å².